The first-order chi connectivity index (χ1) is 13.5. The second kappa shape index (κ2) is 9.31. The number of rotatable bonds is 6. The number of aryl methyl sites for hydroxylation is 1. The highest BCUT2D eigenvalue weighted by atomic mass is 35.5. The predicted octanol–water partition coefficient (Wildman–Crippen LogP) is 5.88. The van der Waals surface area contributed by atoms with E-state index in [9.17, 15) is 9.59 Å². The molecule has 2 aromatic carbocycles. The minimum absolute atomic E-state index is 0.0350. The van der Waals surface area contributed by atoms with Gasteiger partial charge in [0.25, 0.3) is 0 Å². The topological polar surface area (TPSA) is 64.6 Å². The molecule has 0 radical (unpaired) electrons. The zero-order chi connectivity index (χ0) is 21.8. The average Bonchev–Trinajstić information content (AvgIpc) is 2.60. The zero-order valence-electron chi connectivity index (χ0n) is 17.7. The van der Waals surface area contributed by atoms with Crippen LogP contribution in [0.25, 0.3) is 0 Å². The van der Waals surface area contributed by atoms with E-state index in [0.717, 1.165) is 5.56 Å². The van der Waals surface area contributed by atoms with E-state index in [2.05, 4.69) is 5.32 Å². The molecular weight excluding hydrogens is 390 g/mol. The zero-order valence-corrected chi connectivity index (χ0v) is 18.5. The molecule has 6 heteroatoms. The molecule has 1 N–H and O–H groups in total. The lowest BCUT2D eigenvalue weighted by atomic mass is 9.96. The second-order valence-corrected chi connectivity index (χ2v) is 8.55. The fourth-order valence-electron chi connectivity index (χ4n) is 2.65. The Balaban J connectivity index is 2.33. The van der Waals surface area contributed by atoms with Gasteiger partial charge in [-0.25, -0.2) is 4.79 Å². The summed E-state index contributed by atoms with van der Waals surface area (Å²) in [6.07, 6.45) is -0.639. The van der Waals surface area contributed by atoms with Crippen molar-refractivity contribution in [2.75, 3.05) is 0 Å². The van der Waals surface area contributed by atoms with Crippen molar-refractivity contribution in [3.8, 4) is 5.75 Å². The summed E-state index contributed by atoms with van der Waals surface area (Å²) in [5.41, 5.74) is 1.23. The van der Waals surface area contributed by atoms with Gasteiger partial charge in [0, 0.05) is 10.6 Å². The van der Waals surface area contributed by atoms with Crippen LogP contribution in [0.4, 0.5) is 4.79 Å². The number of nitrogens with one attached hydrogen (secondary N) is 1. The Hall–Kier alpha value is -2.53. The van der Waals surface area contributed by atoms with Gasteiger partial charge in [0.05, 0.1) is 6.10 Å². The summed E-state index contributed by atoms with van der Waals surface area (Å²) in [7, 11) is 0. The Morgan fingerprint density at radius 3 is 2.17 bits per heavy atom. The lowest BCUT2D eigenvalue weighted by Crippen LogP contribution is -2.38. The number of amides is 1. The van der Waals surface area contributed by atoms with E-state index in [1.807, 2.05) is 26.8 Å². The van der Waals surface area contributed by atoms with Crippen LogP contribution in [0.3, 0.4) is 0 Å². The van der Waals surface area contributed by atoms with Gasteiger partial charge in [0.1, 0.15) is 17.4 Å². The molecule has 0 aliphatic heterocycles. The molecule has 1 atom stereocenters. The number of Topliss-reactive ketones (excluding diaryl/α,β-unsaturated/α-hetero) is 1. The van der Waals surface area contributed by atoms with Crippen molar-refractivity contribution in [2.24, 2.45) is 0 Å². The Morgan fingerprint density at radius 1 is 1.03 bits per heavy atom. The van der Waals surface area contributed by atoms with E-state index in [4.69, 9.17) is 21.1 Å². The highest BCUT2D eigenvalue weighted by molar-refractivity contribution is 6.31. The molecule has 1 amide bonds. The smallest absolute Gasteiger partial charge is 0.408 e. The molecule has 0 bridgehead atoms. The molecule has 0 spiro atoms. The minimum atomic E-state index is -0.931. The van der Waals surface area contributed by atoms with Gasteiger partial charge in [0.15, 0.2) is 5.78 Å². The standard InChI is InChI=1S/C23H28ClNO4/c1-14(2)28-18-11-9-16(10-12-18)21(26)20(25-22(27)29-23(4,5)6)17-8-7-15(3)19(24)13-17/h7-14,20H,1-6H3,(H,25,27). The number of hydrogen-bond acceptors (Lipinski definition) is 4. The second-order valence-electron chi connectivity index (χ2n) is 8.14. The summed E-state index contributed by atoms with van der Waals surface area (Å²) in [5.74, 6) is 0.401. The molecule has 0 aliphatic rings. The third kappa shape index (κ3) is 6.79. The van der Waals surface area contributed by atoms with E-state index >= 15 is 0 Å². The molecule has 0 fully saturated rings. The van der Waals surface area contributed by atoms with Crippen molar-refractivity contribution >= 4 is 23.5 Å². The quantitative estimate of drug-likeness (QED) is 0.595. The van der Waals surface area contributed by atoms with Crippen LogP contribution in [0.15, 0.2) is 42.5 Å². The van der Waals surface area contributed by atoms with Crippen LogP contribution in [0.1, 0.15) is 62.1 Å². The molecular formula is C23H28ClNO4. The van der Waals surface area contributed by atoms with E-state index in [1.54, 1.807) is 57.2 Å². The molecule has 0 heterocycles. The number of ketones is 1. The SMILES string of the molecule is Cc1ccc(C(NC(=O)OC(C)(C)C)C(=O)c2ccc(OC(C)C)cc2)cc1Cl. The number of hydrogen-bond donors (Lipinski definition) is 1. The van der Waals surface area contributed by atoms with Gasteiger partial charge in [-0.05, 0) is 83.0 Å². The van der Waals surface area contributed by atoms with Crippen LogP contribution in [-0.4, -0.2) is 23.6 Å². The minimum Gasteiger partial charge on any atom is -0.491 e. The van der Waals surface area contributed by atoms with Crippen LogP contribution in [0.2, 0.25) is 5.02 Å². The average molecular weight is 418 g/mol. The van der Waals surface area contributed by atoms with Crippen LogP contribution in [0, 0.1) is 6.92 Å². The summed E-state index contributed by atoms with van der Waals surface area (Å²) in [6.45, 7) is 11.0. The van der Waals surface area contributed by atoms with Crippen LogP contribution >= 0.6 is 11.6 Å². The van der Waals surface area contributed by atoms with Gasteiger partial charge in [0.2, 0.25) is 0 Å². The van der Waals surface area contributed by atoms with E-state index in [-0.39, 0.29) is 11.9 Å². The summed E-state index contributed by atoms with van der Waals surface area (Å²) in [5, 5.41) is 3.20. The number of halogens is 1. The number of carbonyl (C=O) groups is 2. The van der Waals surface area contributed by atoms with E-state index in [1.165, 1.54) is 0 Å². The lowest BCUT2D eigenvalue weighted by Gasteiger charge is -2.23. The molecule has 2 rings (SSSR count). The Morgan fingerprint density at radius 2 is 1.66 bits per heavy atom. The summed E-state index contributed by atoms with van der Waals surface area (Å²) in [6, 6.07) is 11.2. The summed E-state index contributed by atoms with van der Waals surface area (Å²) in [4.78, 5) is 25.6. The first kappa shape index (κ1) is 22.8. The fourth-order valence-corrected chi connectivity index (χ4v) is 2.84. The Bertz CT molecular complexity index is 869. The van der Waals surface area contributed by atoms with Crippen LogP contribution in [-0.2, 0) is 4.74 Å². The molecule has 156 valence electrons. The van der Waals surface area contributed by atoms with E-state index in [0.29, 0.717) is 21.9 Å². The molecule has 1 unspecified atom stereocenters. The van der Waals surface area contributed by atoms with Gasteiger partial charge in [-0.2, -0.15) is 0 Å². The molecule has 0 saturated carbocycles. The first-order valence-corrected chi connectivity index (χ1v) is 9.90. The van der Waals surface area contributed by atoms with E-state index < -0.39 is 17.7 Å². The number of carbonyl (C=O) groups excluding carboxylic acids is 2. The predicted molar refractivity (Wildman–Crippen MR) is 115 cm³/mol. The van der Waals surface area contributed by atoms with Gasteiger partial charge in [-0.15, -0.1) is 0 Å². The maximum absolute atomic E-state index is 13.2. The Kier molecular flexibility index (Phi) is 7.31. The molecule has 2 aromatic rings. The maximum Gasteiger partial charge on any atom is 0.408 e. The highest BCUT2D eigenvalue weighted by Gasteiger charge is 2.27. The molecule has 29 heavy (non-hydrogen) atoms. The van der Waals surface area contributed by atoms with Crippen molar-refractivity contribution in [2.45, 2.75) is 59.3 Å². The van der Waals surface area contributed by atoms with Crippen molar-refractivity contribution < 1.29 is 19.1 Å². The van der Waals surface area contributed by atoms with Gasteiger partial charge in [-0.1, -0.05) is 23.7 Å². The van der Waals surface area contributed by atoms with Crippen molar-refractivity contribution in [1.82, 2.24) is 5.32 Å². The third-order valence-corrected chi connectivity index (χ3v) is 4.37. The monoisotopic (exact) mass is 417 g/mol. The molecule has 0 saturated heterocycles. The number of benzene rings is 2. The van der Waals surface area contributed by atoms with Crippen molar-refractivity contribution in [3.05, 3.63) is 64.2 Å². The van der Waals surface area contributed by atoms with Gasteiger partial charge < -0.3 is 14.8 Å². The third-order valence-electron chi connectivity index (χ3n) is 3.96. The molecule has 5 nitrogen and oxygen atoms in total. The first-order valence-electron chi connectivity index (χ1n) is 9.53. The number of alkyl carbamates (subject to hydrolysis) is 1. The molecule has 0 aromatic heterocycles. The van der Waals surface area contributed by atoms with Gasteiger partial charge in [-0.3, -0.25) is 4.79 Å². The number of ether oxygens (including phenoxy) is 2. The lowest BCUT2D eigenvalue weighted by molar-refractivity contribution is 0.0490. The van der Waals surface area contributed by atoms with Crippen molar-refractivity contribution in [3.63, 3.8) is 0 Å². The van der Waals surface area contributed by atoms with Crippen molar-refractivity contribution in [1.29, 1.82) is 0 Å². The highest BCUT2D eigenvalue weighted by Crippen LogP contribution is 2.26. The fraction of sp³-hybridized carbons (Fsp3) is 0.391. The maximum atomic E-state index is 13.2. The van der Waals surface area contributed by atoms with Crippen LogP contribution < -0.4 is 10.1 Å². The largest absolute Gasteiger partial charge is 0.491 e. The molecule has 0 aliphatic carbocycles. The van der Waals surface area contributed by atoms with Gasteiger partial charge >= 0.3 is 6.09 Å². The summed E-state index contributed by atoms with van der Waals surface area (Å²) < 4.78 is 11.0. The normalized spacial score (nSPS) is 12.4. The van der Waals surface area contributed by atoms with Crippen LogP contribution in [0.5, 0.6) is 5.75 Å². The summed E-state index contributed by atoms with van der Waals surface area (Å²) >= 11 is 6.25. The Labute approximate surface area is 177 Å².